The van der Waals surface area contributed by atoms with Crippen LogP contribution in [0.15, 0.2) is 29.0 Å². The van der Waals surface area contributed by atoms with Gasteiger partial charge in [0.25, 0.3) is 0 Å². The molecule has 0 saturated heterocycles. The van der Waals surface area contributed by atoms with E-state index in [0.717, 1.165) is 11.5 Å². The van der Waals surface area contributed by atoms with Crippen LogP contribution >= 0.6 is 11.6 Å². The van der Waals surface area contributed by atoms with Crippen molar-refractivity contribution in [2.24, 2.45) is 7.05 Å². The highest BCUT2D eigenvalue weighted by molar-refractivity contribution is 6.28. The van der Waals surface area contributed by atoms with E-state index in [1.165, 1.54) is 0 Å². The summed E-state index contributed by atoms with van der Waals surface area (Å²) in [6.45, 7) is 0. The molecule has 0 aliphatic rings. The highest BCUT2D eigenvalue weighted by Gasteiger charge is 2.07. The number of hydrogen-bond donors (Lipinski definition) is 0. The quantitative estimate of drug-likeness (QED) is 0.678. The lowest BCUT2D eigenvalue weighted by molar-refractivity contribution is 0.577. The summed E-state index contributed by atoms with van der Waals surface area (Å²) in [5.41, 5.74) is 0.880. The van der Waals surface area contributed by atoms with E-state index in [2.05, 4.69) is 4.98 Å². The number of furan rings is 1. The predicted octanol–water partition coefficient (Wildman–Crippen LogP) is 2.33. The van der Waals surface area contributed by atoms with Gasteiger partial charge in [0.2, 0.25) is 5.28 Å². The zero-order chi connectivity index (χ0) is 8.55. The SMILES string of the molecule is Cn1c(-c2ccco2)cnc1Cl. The van der Waals surface area contributed by atoms with Crippen LogP contribution in [0.4, 0.5) is 0 Å². The van der Waals surface area contributed by atoms with Crippen molar-refractivity contribution in [1.29, 1.82) is 0 Å². The van der Waals surface area contributed by atoms with Crippen LogP contribution < -0.4 is 0 Å². The molecule has 3 nitrogen and oxygen atoms in total. The molecule has 2 heterocycles. The Labute approximate surface area is 74.6 Å². The van der Waals surface area contributed by atoms with Crippen molar-refractivity contribution >= 4 is 11.6 Å². The van der Waals surface area contributed by atoms with Gasteiger partial charge in [0.1, 0.15) is 5.69 Å². The highest BCUT2D eigenvalue weighted by Crippen LogP contribution is 2.21. The summed E-state index contributed by atoms with van der Waals surface area (Å²) >= 11 is 5.76. The second-order valence-electron chi connectivity index (χ2n) is 2.45. The van der Waals surface area contributed by atoms with Crippen LogP contribution in [0.5, 0.6) is 0 Å². The van der Waals surface area contributed by atoms with Gasteiger partial charge in [0.05, 0.1) is 12.5 Å². The first-order valence-electron chi connectivity index (χ1n) is 3.50. The molecule has 0 aliphatic heterocycles. The monoisotopic (exact) mass is 182 g/mol. The fraction of sp³-hybridized carbons (Fsp3) is 0.125. The number of rotatable bonds is 1. The maximum atomic E-state index is 5.76. The van der Waals surface area contributed by atoms with Crippen LogP contribution in [-0.4, -0.2) is 9.55 Å². The predicted molar refractivity (Wildman–Crippen MR) is 45.9 cm³/mol. The molecule has 2 aromatic heterocycles. The Hall–Kier alpha value is -1.22. The van der Waals surface area contributed by atoms with Gasteiger partial charge in [-0.2, -0.15) is 0 Å². The third-order valence-corrected chi connectivity index (χ3v) is 2.06. The van der Waals surface area contributed by atoms with Gasteiger partial charge in [-0.25, -0.2) is 4.98 Å². The third-order valence-electron chi connectivity index (χ3n) is 1.71. The maximum absolute atomic E-state index is 5.76. The molecule has 0 unspecified atom stereocenters. The van der Waals surface area contributed by atoms with Gasteiger partial charge in [-0.05, 0) is 23.7 Å². The Kier molecular flexibility index (Phi) is 1.66. The smallest absolute Gasteiger partial charge is 0.202 e. The van der Waals surface area contributed by atoms with Crippen molar-refractivity contribution in [3.63, 3.8) is 0 Å². The normalized spacial score (nSPS) is 10.5. The third kappa shape index (κ3) is 1.02. The largest absolute Gasteiger partial charge is 0.463 e. The minimum atomic E-state index is 0.460. The molecular weight excluding hydrogens is 176 g/mol. The van der Waals surface area contributed by atoms with E-state index in [0.29, 0.717) is 5.28 Å². The van der Waals surface area contributed by atoms with Gasteiger partial charge in [-0.1, -0.05) is 0 Å². The van der Waals surface area contributed by atoms with E-state index < -0.39 is 0 Å². The van der Waals surface area contributed by atoms with Crippen LogP contribution in [0.25, 0.3) is 11.5 Å². The van der Waals surface area contributed by atoms with Crippen LogP contribution in [0.3, 0.4) is 0 Å². The van der Waals surface area contributed by atoms with Gasteiger partial charge < -0.3 is 8.98 Å². The molecule has 62 valence electrons. The average Bonchev–Trinajstić information content (AvgIpc) is 2.64. The van der Waals surface area contributed by atoms with Crippen molar-refractivity contribution in [1.82, 2.24) is 9.55 Å². The van der Waals surface area contributed by atoms with Crippen molar-refractivity contribution < 1.29 is 4.42 Å². The first-order chi connectivity index (χ1) is 5.79. The zero-order valence-corrected chi connectivity index (χ0v) is 7.25. The molecule has 0 bridgehead atoms. The number of halogens is 1. The van der Waals surface area contributed by atoms with Gasteiger partial charge in [0.15, 0.2) is 5.76 Å². The fourth-order valence-electron chi connectivity index (χ4n) is 1.04. The Morgan fingerprint density at radius 1 is 1.58 bits per heavy atom. The van der Waals surface area contributed by atoms with Crippen molar-refractivity contribution in [2.75, 3.05) is 0 Å². The number of imidazole rings is 1. The molecule has 2 aromatic rings. The van der Waals surface area contributed by atoms with E-state index in [-0.39, 0.29) is 0 Å². The van der Waals surface area contributed by atoms with Crippen molar-refractivity contribution in [3.8, 4) is 11.5 Å². The number of aromatic nitrogens is 2. The highest BCUT2D eigenvalue weighted by atomic mass is 35.5. The zero-order valence-electron chi connectivity index (χ0n) is 6.49. The topological polar surface area (TPSA) is 31.0 Å². The van der Waals surface area contributed by atoms with Crippen molar-refractivity contribution in [3.05, 3.63) is 29.9 Å². The summed E-state index contributed by atoms with van der Waals surface area (Å²) in [6, 6.07) is 3.70. The molecule has 0 spiro atoms. The van der Waals surface area contributed by atoms with Crippen molar-refractivity contribution in [2.45, 2.75) is 0 Å². The van der Waals surface area contributed by atoms with Gasteiger partial charge in [-0.15, -0.1) is 0 Å². The molecule has 2 rings (SSSR count). The summed E-state index contributed by atoms with van der Waals surface area (Å²) < 4.78 is 6.96. The van der Waals surface area contributed by atoms with Crippen LogP contribution in [-0.2, 0) is 7.05 Å². The Morgan fingerprint density at radius 2 is 2.42 bits per heavy atom. The van der Waals surface area contributed by atoms with E-state index in [1.54, 1.807) is 17.0 Å². The molecule has 0 fully saturated rings. The van der Waals surface area contributed by atoms with E-state index >= 15 is 0 Å². The second kappa shape index (κ2) is 2.68. The molecule has 0 N–H and O–H groups in total. The van der Waals surface area contributed by atoms with E-state index in [1.807, 2.05) is 19.2 Å². The van der Waals surface area contributed by atoms with E-state index in [4.69, 9.17) is 16.0 Å². The summed E-state index contributed by atoms with van der Waals surface area (Å²) in [4.78, 5) is 3.94. The fourth-order valence-corrected chi connectivity index (χ4v) is 1.18. The summed E-state index contributed by atoms with van der Waals surface area (Å²) in [7, 11) is 1.84. The molecule has 12 heavy (non-hydrogen) atoms. The standard InChI is InChI=1S/C8H7ClN2O/c1-11-6(5-10-8(11)9)7-3-2-4-12-7/h2-5H,1H3. The maximum Gasteiger partial charge on any atom is 0.202 e. The molecular formula is C8H7ClN2O. The Balaban J connectivity index is 2.55. The minimum absolute atomic E-state index is 0.460. The molecule has 0 radical (unpaired) electrons. The van der Waals surface area contributed by atoms with Gasteiger partial charge >= 0.3 is 0 Å². The number of nitrogens with zero attached hydrogens (tertiary/aromatic N) is 2. The molecule has 0 aliphatic carbocycles. The summed E-state index contributed by atoms with van der Waals surface area (Å²) in [5.74, 6) is 0.775. The Bertz CT molecular complexity index is 378. The lowest BCUT2D eigenvalue weighted by Crippen LogP contribution is -1.89. The van der Waals surface area contributed by atoms with Crippen LogP contribution in [0.2, 0.25) is 5.28 Å². The average molecular weight is 183 g/mol. The lowest BCUT2D eigenvalue weighted by atomic mass is 10.3. The number of hydrogen-bond acceptors (Lipinski definition) is 2. The van der Waals surface area contributed by atoms with Gasteiger partial charge in [-0.3, -0.25) is 0 Å². The summed E-state index contributed by atoms with van der Waals surface area (Å²) in [5, 5.41) is 0.460. The van der Waals surface area contributed by atoms with Crippen LogP contribution in [0.1, 0.15) is 0 Å². The molecule has 0 saturated carbocycles. The molecule has 0 amide bonds. The first kappa shape index (κ1) is 7.43. The van der Waals surface area contributed by atoms with Crippen LogP contribution in [0, 0.1) is 0 Å². The Morgan fingerprint density at radius 3 is 2.92 bits per heavy atom. The molecule has 0 aromatic carbocycles. The second-order valence-corrected chi connectivity index (χ2v) is 2.79. The molecule has 4 heteroatoms. The minimum Gasteiger partial charge on any atom is -0.463 e. The van der Waals surface area contributed by atoms with E-state index in [9.17, 15) is 0 Å². The first-order valence-corrected chi connectivity index (χ1v) is 3.88. The van der Waals surface area contributed by atoms with Gasteiger partial charge in [0, 0.05) is 7.05 Å². The lowest BCUT2D eigenvalue weighted by Gasteiger charge is -1.97. The summed E-state index contributed by atoms with van der Waals surface area (Å²) in [6.07, 6.45) is 3.30. The molecule has 0 atom stereocenters.